The molecule has 0 radical (unpaired) electrons. The molecule has 0 aliphatic heterocycles. The SMILES string of the molecule is CC/C=C\C/C=C\C/C=C\C/C=C\CCCCCCCCCCCCCCCCC(=O)OCC(COC(=O)CCCCCCCCCC)OC(=O)CCCCCCCCCCCCCCCCCCCCCCCC. The van der Waals surface area contributed by atoms with Gasteiger partial charge in [-0.3, -0.25) is 14.4 Å². The van der Waals surface area contributed by atoms with Gasteiger partial charge in [0.15, 0.2) is 6.10 Å². The van der Waals surface area contributed by atoms with Crippen LogP contribution < -0.4 is 0 Å². The van der Waals surface area contributed by atoms with Crippen LogP contribution in [0, 0.1) is 0 Å². The molecule has 0 N–H and O–H groups in total. The third-order valence-electron chi connectivity index (χ3n) is 14.8. The first-order valence-electron chi connectivity index (χ1n) is 33.1. The molecule has 0 amide bonds. The summed E-state index contributed by atoms with van der Waals surface area (Å²) in [4.78, 5) is 38.2. The lowest BCUT2D eigenvalue weighted by molar-refractivity contribution is -0.167. The van der Waals surface area contributed by atoms with Gasteiger partial charge in [-0.2, -0.15) is 0 Å². The summed E-state index contributed by atoms with van der Waals surface area (Å²) in [6.45, 7) is 6.56. The number of carbonyl (C=O) groups is 3. The second-order valence-electron chi connectivity index (χ2n) is 22.4. The Bertz CT molecular complexity index is 1300. The Morgan fingerprint density at radius 3 is 0.813 bits per heavy atom. The molecule has 0 aromatic carbocycles. The van der Waals surface area contributed by atoms with Crippen LogP contribution in [0.2, 0.25) is 0 Å². The minimum absolute atomic E-state index is 0.0675. The summed E-state index contributed by atoms with van der Waals surface area (Å²) in [6, 6.07) is 0. The molecule has 1 unspecified atom stereocenters. The lowest BCUT2D eigenvalue weighted by atomic mass is 10.0. The zero-order chi connectivity index (χ0) is 54.3. The van der Waals surface area contributed by atoms with Crippen LogP contribution in [0.1, 0.15) is 355 Å². The van der Waals surface area contributed by atoms with E-state index in [0.29, 0.717) is 19.3 Å². The molecule has 6 nitrogen and oxygen atoms in total. The standard InChI is InChI=1S/C69H126O6/c1-4-7-10-13-16-19-21-23-25-27-29-31-33-34-35-36-37-39-40-42-44-46-48-50-53-56-59-62-68(71)74-65-66(64-73-67(70)61-58-55-52-18-15-12-9-6-3)75-69(72)63-60-57-54-51-49-47-45-43-41-38-32-30-28-26-24-22-20-17-14-11-8-5-2/h7,10,16,19,23,25,29,31,66H,4-6,8-9,11-15,17-18,20-22,24,26-28,30,32-65H2,1-3H3/b10-7-,19-16-,25-23-,31-29-. The Morgan fingerprint density at radius 1 is 0.280 bits per heavy atom. The first-order valence-corrected chi connectivity index (χ1v) is 33.1. The van der Waals surface area contributed by atoms with Gasteiger partial charge in [0, 0.05) is 19.3 Å². The van der Waals surface area contributed by atoms with Crippen LogP contribution in [0.5, 0.6) is 0 Å². The highest BCUT2D eigenvalue weighted by atomic mass is 16.6. The molecule has 438 valence electrons. The summed E-state index contributed by atoms with van der Waals surface area (Å²) < 4.78 is 16.9. The fourth-order valence-corrected chi connectivity index (χ4v) is 9.91. The van der Waals surface area contributed by atoms with Crippen LogP contribution in [-0.2, 0) is 28.6 Å². The van der Waals surface area contributed by atoms with Crippen LogP contribution in [0.3, 0.4) is 0 Å². The summed E-state index contributed by atoms with van der Waals surface area (Å²) in [6.07, 6.45) is 80.1. The Hall–Kier alpha value is -2.63. The van der Waals surface area contributed by atoms with Gasteiger partial charge in [0.05, 0.1) is 0 Å². The maximum absolute atomic E-state index is 12.9. The van der Waals surface area contributed by atoms with Crippen molar-refractivity contribution in [1.29, 1.82) is 0 Å². The molecule has 0 saturated heterocycles. The highest BCUT2D eigenvalue weighted by molar-refractivity contribution is 5.71. The molecule has 0 rings (SSSR count). The largest absolute Gasteiger partial charge is 0.462 e. The van der Waals surface area contributed by atoms with Gasteiger partial charge < -0.3 is 14.2 Å². The Morgan fingerprint density at radius 2 is 0.520 bits per heavy atom. The number of hydrogen-bond acceptors (Lipinski definition) is 6. The van der Waals surface area contributed by atoms with Gasteiger partial charge >= 0.3 is 17.9 Å². The van der Waals surface area contributed by atoms with Gasteiger partial charge in [0.2, 0.25) is 0 Å². The van der Waals surface area contributed by atoms with Crippen molar-refractivity contribution in [2.45, 2.75) is 361 Å². The highest BCUT2D eigenvalue weighted by Gasteiger charge is 2.19. The molecular weight excluding hydrogens is 925 g/mol. The third kappa shape index (κ3) is 62.1. The fraction of sp³-hybridized carbons (Fsp3) is 0.841. The van der Waals surface area contributed by atoms with E-state index >= 15 is 0 Å². The van der Waals surface area contributed by atoms with E-state index in [0.717, 1.165) is 83.5 Å². The number of esters is 3. The minimum Gasteiger partial charge on any atom is -0.462 e. The number of allylic oxidation sites excluding steroid dienone is 8. The van der Waals surface area contributed by atoms with E-state index in [4.69, 9.17) is 14.2 Å². The van der Waals surface area contributed by atoms with Gasteiger partial charge in [-0.05, 0) is 57.8 Å². The summed E-state index contributed by atoms with van der Waals surface area (Å²) >= 11 is 0. The third-order valence-corrected chi connectivity index (χ3v) is 14.8. The lowest BCUT2D eigenvalue weighted by Crippen LogP contribution is -2.30. The van der Waals surface area contributed by atoms with Crippen molar-refractivity contribution in [1.82, 2.24) is 0 Å². The van der Waals surface area contributed by atoms with Gasteiger partial charge in [-0.25, -0.2) is 0 Å². The monoisotopic (exact) mass is 1050 g/mol. The molecular formula is C69H126O6. The van der Waals surface area contributed by atoms with E-state index in [-0.39, 0.29) is 31.1 Å². The van der Waals surface area contributed by atoms with Gasteiger partial charge in [0.1, 0.15) is 13.2 Å². The number of ether oxygens (including phenoxy) is 3. The molecule has 75 heavy (non-hydrogen) atoms. The maximum Gasteiger partial charge on any atom is 0.306 e. The predicted molar refractivity (Wildman–Crippen MR) is 325 cm³/mol. The predicted octanol–water partition coefficient (Wildman–Crippen LogP) is 22.6. The molecule has 0 fully saturated rings. The summed E-state index contributed by atoms with van der Waals surface area (Å²) in [7, 11) is 0. The first-order chi connectivity index (χ1) is 37.0. The average Bonchev–Trinajstić information content (AvgIpc) is 3.41. The quantitative estimate of drug-likeness (QED) is 0.0261. The molecule has 0 spiro atoms. The zero-order valence-corrected chi connectivity index (χ0v) is 50.3. The van der Waals surface area contributed by atoms with Crippen molar-refractivity contribution in [3.8, 4) is 0 Å². The van der Waals surface area contributed by atoms with Crippen LogP contribution in [-0.4, -0.2) is 37.2 Å². The van der Waals surface area contributed by atoms with Crippen molar-refractivity contribution in [2.75, 3.05) is 13.2 Å². The van der Waals surface area contributed by atoms with Crippen LogP contribution >= 0.6 is 0 Å². The first kappa shape index (κ1) is 72.4. The molecule has 0 heterocycles. The molecule has 0 bridgehead atoms. The average molecular weight is 1050 g/mol. The van der Waals surface area contributed by atoms with Crippen LogP contribution in [0.15, 0.2) is 48.6 Å². The molecule has 0 aromatic heterocycles. The minimum atomic E-state index is -0.768. The van der Waals surface area contributed by atoms with E-state index < -0.39 is 6.10 Å². The number of carbonyl (C=O) groups excluding carboxylic acids is 3. The van der Waals surface area contributed by atoms with Crippen molar-refractivity contribution < 1.29 is 28.6 Å². The van der Waals surface area contributed by atoms with Crippen molar-refractivity contribution in [2.24, 2.45) is 0 Å². The second kappa shape index (κ2) is 63.9. The molecule has 0 saturated carbocycles. The number of unbranched alkanes of at least 4 members (excludes halogenated alkanes) is 42. The van der Waals surface area contributed by atoms with Crippen molar-refractivity contribution >= 4 is 17.9 Å². The normalized spacial score (nSPS) is 12.3. The fourth-order valence-electron chi connectivity index (χ4n) is 9.91. The zero-order valence-electron chi connectivity index (χ0n) is 50.3. The molecule has 6 heteroatoms. The summed E-state index contributed by atoms with van der Waals surface area (Å²) in [5.41, 5.74) is 0. The van der Waals surface area contributed by atoms with Gasteiger partial charge in [-0.1, -0.05) is 326 Å². The summed E-state index contributed by atoms with van der Waals surface area (Å²) in [5, 5.41) is 0. The van der Waals surface area contributed by atoms with Crippen LogP contribution in [0.25, 0.3) is 0 Å². The molecule has 0 aliphatic carbocycles. The lowest BCUT2D eigenvalue weighted by Gasteiger charge is -2.18. The van der Waals surface area contributed by atoms with Gasteiger partial charge in [-0.15, -0.1) is 0 Å². The van der Waals surface area contributed by atoms with E-state index in [1.165, 1.54) is 231 Å². The maximum atomic E-state index is 12.9. The van der Waals surface area contributed by atoms with E-state index in [2.05, 4.69) is 69.4 Å². The molecule has 0 aliphatic rings. The molecule has 1 atom stereocenters. The molecule has 0 aromatic rings. The highest BCUT2D eigenvalue weighted by Crippen LogP contribution is 2.18. The van der Waals surface area contributed by atoms with E-state index in [9.17, 15) is 14.4 Å². The van der Waals surface area contributed by atoms with Gasteiger partial charge in [0.25, 0.3) is 0 Å². The summed E-state index contributed by atoms with van der Waals surface area (Å²) in [5.74, 6) is -0.849. The smallest absolute Gasteiger partial charge is 0.306 e. The Balaban J connectivity index is 4.10. The van der Waals surface area contributed by atoms with E-state index in [1.54, 1.807) is 0 Å². The second-order valence-corrected chi connectivity index (χ2v) is 22.4. The Labute approximate surface area is 467 Å². The number of rotatable bonds is 61. The van der Waals surface area contributed by atoms with Crippen molar-refractivity contribution in [3.05, 3.63) is 48.6 Å². The number of hydrogen-bond donors (Lipinski definition) is 0. The topological polar surface area (TPSA) is 78.9 Å². The van der Waals surface area contributed by atoms with E-state index in [1.807, 2.05) is 0 Å². The van der Waals surface area contributed by atoms with Crippen LogP contribution in [0.4, 0.5) is 0 Å². The van der Waals surface area contributed by atoms with Crippen molar-refractivity contribution in [3.63, 3.8) is 0 Å². The Kier molecular flexibility index (Phi) is 61.7.